The highest BCUT2D eigenvalue weighted by Gasteiger charge is 2.21. The van der Waals surface area contributed by atoms with Gasteiger partial charge in [0.05, 0.1) is 11.4 Å². The molecule has 2 aliphatic rings. The molecule has 0 bridgehead atoms. The van der Waals surface area contributed by atoms with Gasteiger partial charge in [0.25, 0.3) is 10.0 Å². The van der Waals surface area contributed by atoms with E-state index in [9.17, 15) is 13.2 Å². The van der Waals surface area contributed by atoms with Gasteiger partial charge in [0.1, 0.15) is 5.84 Å². The molecular formula is C19H28N4O3S. The molecule has 0 spiro atoms. The molecule has 3 rings (SSSR count). The maximum atomic E-state index is 12.5. The molecule has 0 unspecified atom stereocenters. The number of carbonyl (C=O) groups excluding carboxylic acids is 1. The summed E-state index contributed by atoms with van der Waals surface area (Å²) < 4.78 is 27.5. The minimum Gasteiger partial charge on any atom is -0.325 e. The Balaban J connectivity index is 1.60. The van der Waals surface area contributed by atoms with Crippen LogP contribution in [-0.2, 0) is 14.8 Å². The highest BCUT2D eigenvalue weighted by molar-refractivity contribution is 7.90. The van der Waals surface area contributed by atoms with Crippen LogP contribution in [0.3, 0.4) is 0 Å². The van der Waals surface area contributed by atoms with Crippen molar-refractivity contribution in [2.45, 2.75) is 55.9 Å². The molecule has 1 fully saturated rings. The predicted octanol–water partition coefficient (Wildman–Crippen LogP) is 2.36. The quantitative estimate of drug-likeness (QED) is 0.777. The normalized spacial score (nSPS) is 18.4. The monoisotopic (exact) mass is 392 g/mol. The first-order chi connectivity index (χ1) is 12.9. The molecule has 0 radical (unpaired) electrons. The molecular weight excluding hydrogens is 364 g/mol. The average molecular weight is 393 g/mol. The second kappa shape index (κ2) is 8.84. The van der Waals surface area contributed by atoms with Gasteiger partial charge in [-0.05, 0) is 44.5 Å². The summed E-state index contributed by atoms with van der Waals surface area (Å²) >= 11 is 0. The van der Waals surface area contributed by atoms with E-state index in [0.717, 1.165) is 19.3 Å². The van der Waals surface area contributed by atoms with Crippen LogP contribution in [0.4, 0.5) is 5.69 Å². The Morgan fingerprint density at radius 3 is 2.70 bits per heavy atom. The number of nitrogens with zero attached hydrogens (tertiary/aromatic N) is 2. The third kappa shape index (κ3) is 5.52. The molecule has 148 valence electrons. The van der Waals surface area contributed by atoms with E-state index in [0.29, 0.717) is 37.1 Å². The van der Waals surface area contributed by atoms with Gasteiger partial charge in [-0.1, -0.05) is 25.3 Å². The van der Waals surface area contributed by atoms with Gasteiger partial charge in [0, 0.05) is 24.7 Å². The predicted molar refractivity (Wildman–Crippen MR) is 106 cm³/mol. The Bertz CT molecular complexity index is 801. The molecule has 0 saturated heterocycles. The molecule has 27 heavy (non-hydrogen) atoms. The standard InChI is InChI=1S/C19H28N4O3S/c1-23(16-8-3-2-4-9-16)14-19(24)21-15-7-5-10-17(13-15)27(25,26)22-18-11-6-12-20-18/h5,7,10,13,16H,2-4,6,8-9,11-12,14H2,1H3,(H,20,22)(H,21,24). The zero-order valence-corrected chi connectivity index (χ0v) is 16.6. The summed E-state index contributed by atoms with van der Waals surface area (Å²) in [5, 5.41) is 2.81. The van der Waals surface area contributed by atoms with Crippen molar-refractivity contribution in [3.8, 4) is 0 Å². The van der Waals surface area contributed by atoms with Crippen molar-refractivity contribution in [3.63, 3.8) is 0 Å². The first kappa shape index (κ1) is 19.8. The third-order valence-corrected chi connectivity index (χ3v) is 6.52. The molecule has 0 atom stereocenters. The first-order valence-electron chi connectivity index (χ1n) is 9.60. The minimum absolute atomic E-state index is 0.121. The second-order valence-corrected chi connectivity index (χ2v) is 9.00. The molecule has 0 aromatic heterocycles. The smallest absolute Gasteiger partial charge is 0.262 e. The minimum atomic E-state index is -3.68. The van der Waals surface area contributed by atoms with E-state index in [-0.39, 0.29) is 10.8 Å². The van der Waals surface area contributed by atoms with Crippen LogP contribution in [0.5, 0.6) is 0 Å². The van der Waals surface area contributed by atoms with Crippen LogP contribution in [0.25, 0.3) is 0 Å². The van der Waals surface area contributed by atoms with E-state index in [2.05, 4.69) is 19.9 Å². The summed E-state index contributed by atoms with van der Waals surface area (Å²) in [6.07, 6.45) is 7.48. The maximum absolute atomic E-state index is 12.5. The molecule has 1 heterocycles. The lowest BCUT2D eigenvalue weighted by molar-refractivity contribution is -0.117. The fourth-order valence-electron chi connectivity index (χ4n) is 3.66. The lowest BCUT2D eigenvalue weighted by Gasteiger charge is -2.30. The summed E-state index contributed by atoms with van der Waals surface area (Å²) in [5.74, 6) is 0.365. The van der Waals surface area contributed by atoms with Crippen molar-refractivity contribution >= 4 is 27.5 Å². The van der Waals surface area contributed by atoms with Gasteiger partial charge >= 0.3 is 0 Å². The largest absolute Gasteiger partial charge is 0.325 e. The van der Waals surface area contributed by atoms with E-state index >= 15 is 0 Å². The molecule has 8 heteroatoms. The Hall–Kier alpha value is -1.93. The summed E-state index contributed by atoms with van der Waals surface area (Å²) in [5.41, 5.74) is 0.480. The Morgan fingerprint density at radius 1 is 1.22 bits per heavy atom. The Labute approximate surface area is 161 Å². The number of hydrogen-bond acceptors (Lipinski definition) is 5. The van der Waals surface area contributed by atoms with Crippen LogP contribution in [0.2, 0.25) is 0 Å². The topological polar surface area (TPSA) is 90.9 Å². The Kier molecular flexibility index (Phi) is 6.49. The number of hydrogen-bond donors (Lipinski definition) is 2. The van der Waals surface area contributed by atoms with E-state index in [1.807, 2.05) is 7.05 Å². The highest BCUT2D eigenvalue weighted by Crippen LogP contribution is 2.21. The van der Waals surface area contributed by atoms with Crippen LogP contribution in [0.1, 0.15) is 44.9 Å². The molecule has 1 saturated carbocycles. The number of carbonyl (C=O) groups is 1. The number of rotatable bonds is 6. The van der Waals surface area contributed by atoms with Crippen molar-refractivity contribution in [2.75, 3.05) is 25.5 Å². The number of likely N-dealkylation sites (N-methyl/N-ethyl adjacent to an activating group) is 1. The van der Waals surface area contributed by atoms with Gasteiger partial charge in [-0.25, -0.2) is 8.42 Å². The highest BCUT2D eigenvalue weighted by atomic mass is 32.2. The van der Waals surface area contributed by atoms with Crippen molar-refractivity contribution in [3.05, 3.63) is 24.3 Å². The second-order valence-electron chi connectivity index (χ2n) is 7.32. The number of sulfonamides is 1. The maximum Gasteiger partial charge on any atom is 0.262 e. The van der Waals surface area contributed by atoms with E-state index < -0.39 is 10.0 Å². The fourth-order valence-corrected chi connectivity index (χ4v) is 4.79. The molecule has 7 nitrogen and oxygen atoms in total. The summed E-state index contributed by atoms with van der Waals surface area (Å²) in [4.78, 5) is 18.7. The van der Waals surface area contributed by atoms with Crippen molar-refractivity contribution < 1.29 is 13.2 Å². The number of benzene rings is 1. The molecule has 1 aromatic rings. The van der Waals surface area contributed by atoms with Crippen LogP contribution < -0.4 is 10.0 Å². The van der Waals surface area contributed by atoms with Gasteiger partial charge in [-0.15, -0.1) is 0 Å². The van der Waals surface area contributed by atoms with Gasteiger partial charge in [0.15, 0.2) is 0 Å². The lowest BCUT2D eigenvalue weighted by Crippen LogP contribution is -2.39. The summed E-state index contributed by atoms with van der Waals surface area (Å²) in [6, 6.07) is 6.78. The molecule has 1 amide bonds. The number of nitrogens with one attached hydrogen (secondary N) is 2. The van der Waals surface area contributed by atoms with E-state index in [1.165, 1.54) is 31.4 Å². The van der Waals surface area contributed by atoms with Gasteiger partial charge in [0.2, 0.25) is 5.91 Å². The fraction of sp³-hybridized carbons (Fsp3) is 0.579. The summed E-state index contributed by atoms with van der Waals surface area (Å²) in [6.45, 7) is 0.958. The molecule has 1 aromatic carbocycles. The number of amidine groups is 1. The summed E-state index contributed by atoms with van der Waals surface area (Å²) in [7, 11) is -1.71. The lowest BCUT2D eigenvalue weighted by atomic mass is 9.94. The third-order valence-electron chi connectivity index (χ3n) is 5.15. The van der Waals surface area contributed by atoms with Crippen molar-refractivity contribution in [2.24, 2.45) is 4.99 Å². The first-order valence-corrected chi connectivity index (χ1v) is 11.1. The molecule has 2 N–H and O–H groups in total. The van der Waals surface area contributed by atoms with E-state index in [4.69, 9.17) is 0 Å². The van der Waals surface area contributed by atoms with Crippen LogP contribution in [0.15, 0.2) is 34.2 Å². The van der Waals surface area contributed by atoms with E-state index in [1.54, 1.807) is 12.1 Å². The van der Waals surface area contributed by atoms with Crippen molar-refractivity contribution in [1.29, 1.82) is 0 Å². The van der Waals surface area contributed by atoms with Gasteiger partial charge in [-0.3, -0.25) is 19.4 Å². The zero-order chi connectivity index (χ0) is 19.3. The zero-order valence-electron chi connectivity index (χ0n) is 15.8. The van der Waals surface area contributed by atoms with Crippen LogP contribution in [0, 0.1) is 0 Å². The van der Waals surface area contributed by atoms with Crippen molar-refractivity contribution in [1.82, 2.24) is 9.62 Å². The number of aliphatic imine (C=N–C) groups is 1. The molecule has 1 aliphatic heterocycles. The SMILES string of the molecule is CN(CC(=O)Nc1cccc(S(=O)(=O)NC2=NCCC2)c1)C1CCCCC1. The van der Waals surface area contributed by atoms with Gasteiger partial charge < -0.3 is 5.32 Å². The average Bonchev–Trinajstić information content (AvgIpc) is 3.15. The van der Waals surface area contributed by atoms with Gasteiger partial charge in [-0.2, -0.15) is 0 Å². The van der Waals surface area contributed by atoms with Crippen LogP contribution in [-0.4, -0.2) is 51.2 Å². The van der Waals surface area contributed by atoms with Crippen LogP contribution >= 0.6 is 0 Å². The number of anilines is 1. The molecule has 1 aliphatic carbocycles. The Morgan fingerprint density at radius 2 is 2.00 bits per heavy atom. The number of amides is 1.